The van der Waals surface area contributed by atoms with E-state index in [1.807, 2.05) is 9.80 Å². The number of nitrogens with zero attached hydrogens (tertiary/aromatic N) is 5. The van der Waals surface area contributed by atoms with Crippen LogP contribution in [0.2, 0.25) is 0 Å². The molecule has 7 heteroatoms. The molecule has 0 spiro atoms. The summed E-state index contributed by atoms with van der Waals surface area (Å²) < 4.78 is 0. The highest BCUT2D eigenvalue weighted by atomic mass is 16.2. The molecule has 0 radical (unpaired) electrons. The molecule has 3 fully saturated rings. The summed E-state index contributed by atoms with van der Waals surface area (Å²) in [6.07, 6.45) is 10.1. The van der Waals surface area contributed by atoms with Crippen LogP contribution in [0.15, 0.2) is 18.6 Å². The molecule has 0 N–H and O–H groups in total. The van der Waals surface area contributed by atoms with E-state index in [0.717, 1.165) is 31.7 Å². The van der Waals surface area contributed by atoms with Gasteiger partial charge >= 0.3 is 0 Å². The van der Waals surface area contributed by atoms with Gasteiger partial charge in [0.25, 0.3) is 0 Å². The van der Waals surface area contributed by atoms with Crippen LogP contribution in [-0.2, 0) is 9.59 Å². The van der Waals surface area contributed by atoms with Crippen LogP contribution in [0.25, 0.3) is 0 Å². The van der Waals surface area contributed by atoms with Crippen LogP contribution in [0.5, 0.6) is 0 Å². The Balaban J connectivity index is 1.32. The molecule has 3 aliphatic rings. The van der Waals surface area contributed by atoms with E-state index in [4.69, 9.17) is 0 Å². The number of amides is 2. The van der Waals surface area contributed by atoms with E-state index in [2.05, 4.69) is 14.9 Å². The van der Waals surface area contributed by atoms with E-state index in [1.54, 1.807) is 18.6 Å². The molecule has 134 valence electrons. The van der Waals surface area contributed by atoms with Crippen molar-refractivity contribution >= 4 is 17.6 Å². The zero-order valence-corrected chi connectivity index (χ0v) is 14.5. The van der Waals surface area contributed by atoms with Gasteiger partial charge in [-0.1, -0.05) is 12.8 Å². The summed E-state index contributed by atoms with van der Waals surface area (Å²) in [6, 6.07) is 0.374. The van der Waals surface area contributed by atoms with Crippen molar-refractivity contribution in [3.05, 3.63) is 18.6 Å². The first-order valence-electron chi connectivity index (χ1n) is 9.31. The van der Waals surface area contributed by atoms with Crippen molar-refractivity contribution in [3.8, 4) is 0 Å². The Bertz CT molecular complexity index is 624. The number of rotatable bonds is 3. The highest BCUT2D eigenvalue weighted by Crippen LogP contribution is 2.30. The van der Waals surface area contributed by atoms with Crippen molar-refractivity contribution in [2.45, 2.75) is 38.1 Å². The fraction of sp³-hybridized carbons (Fsp3) is 0.667. The molecule has 1 saturated carbocycles. The average molecular weight is 343 g/mol. The van der Waals surface area contributed by atoms with Gasteiger partial charge in [-0.3, -0.25) is 14.6 Å². The van der Waals surface area contributed by atoms with Gasteiger partial charge < -0.3 is 14.7 Å². The topological polar surface area (TPSA) is 69.6 Å². The fourth-order valence-electron chi connectivity index (χ4n) is 4.33. The molecule has 1 atom stereocenters. The third-order valence-corrected chi connectivity index (χ3v) is 5.74. The minimum atomic E-state index is -0.156. The summed E-state index contributed by atoms with van der Waals surface area (Å²) in [5.74, 6) is 1.02. The summed E-state index contributed by atoms with van der Waals surface area (Å²) >= 11 is 0. The lowest BCUT2D eigenvalue weighted by molar-refractivity contribution is -0.136. The average Bonchev–Trinajstić information content (AvgIpc) is 3.31. The van der Waals surface area contributed by atoms with E-state index in [9.17, 15) is 9.59 Å². The van der Waals surface area contributed by atoms with Crippen LogP contribution in [0.4, 0.5) is 5.82 Å². The molecule has 0 aromatic carbocycles. The van der Waals surface area contributed by atoms with E-state index in [1.165, 1.54) is 12.8 Å². The van der Waals surface area contributed by atoms with E-state index in [0.29, 0.717) is 32.1 Å². The van der Waals surface area contributed by atoms with Gasteiger partial charge in [-0.05, 0) is 12.8 Å². The van der Waals surface area contributed by atoms with Gasteiger partial charge in [-0.2, -0.15) is 0 Å². The standard InChI is InChI=1S/C18H25N5O2/c24-17-11-14(13-23(17)15-3-1-2-4-15)18(25)22-9-7-21(8-10-22)16-12-19-5-6-20-16/h5-6,12,14-15H,1-4,7-11,13H2. The van der Waals surface area contributed by atoms with Crippen molar-refractivity contribution in [1.82, 2.24) is 19.8 Å². The van der Waals surface area contributed by atoms with Crippen molar-refractivity contribution in [3.63, 3.8) is 0 Å². The highest BCUT2D eigenvalue weighted by molar-refractivity contribution is 5.89. The second kappa shape index (κ2) is 6.98. The Morgan fingerprint density at radius 3 is 2.52 bits per heavy atom. The summed E-state index contributed by atoms with van der Waals surface area (Å²) in [6.45, 7) is 3.51. The lowest BCUT2D eigenvalue weighted by Crippen LogP contribution is -2.51. The van der Waals surface area contributed by atoms with Crippen molar-refractivity contribution < 1.29 is 9.59 Å². The maximum Gasteiger partial charge on any atom is 0.228 e. The monoisotopic (exact) mass is 343 g/mol. The number of hydrogen-bond acceptors (Lipinski definition) is 5. The van der Waals surface area contributed by atoms with Crippen LogP contribution in [0.1, 0.15) is 32.1 Å². The van der Waals surface area contributed by atoms with E-state index < -0.39 is 0 Å². The Morgan fingerprint density at radius 2 is 1.84 bits per heavy atom. The molecule has 1 aromatic heterocycles. The maximum atomic E-state index is 12.9. The SMILES string of the molecule is O=C(C1CC(=O)N(C2CCCC2)C1)N1CCN(c2cnccn2)CC1. The second-order valence-corrected chi connectivity index (χ2v) is 7.26. The van der Waals surface area contributed by atoms with E-state index >= 15 is 0 Å². The normalized spacial score (nSPS) is 25.0. The van der Waals surface area contributed by atoms with Gasteiger partial charge in [0, 0.05) is 57.6 Å². The predicted octanol–water partition coefficient (Wildman–Crippen LogP) is 0.916. The Kier molecular flexibility index (Phi) is 4.55. The molecule has 7 nitrogen and oxygen atoms in total. The zero-order valence-electron chi connectivity index (χ0n) is 14.5. The Morgan fingerprint density at radius 1 is 1.08 bits per heavy atom. The molecule has 4 rings (SSSR count). The number of aromatic nitrogens is 2. The maximum absolute atomic E-state index is 12.9. The number of hydrogen-bond donors (Lipinski definition) is 0. The first-order chi connectivity index (χ1) is 12.2. The van der Waals surface area contributed by atoms with Crippen LogP contribution in [0, 0.1) is 5.92 Å². The first kappa shape index (κ1) is 16.3. The van der Waals surface area contributed by atoms with Crippen molar-refractivity contribution in [1.29, 1.82) is 0 Å². The lowest BCUT2D eigenvalue weighted by atomic mass is 10.1. The molecule has 1 aliphatic carbocycles. The van der Waals surface area contributed by atoms with Gasteiger partial charge in [0.05, 0.1) is 12.1 Å². The molecular formula is C18H25N5O2. The number of likely N-dealkylation sites (tertiary alicyclic amines) is 1. The third-order valence-electron chi connectivity index (χ3n) is 5.74. The fourth-order valence-corrected chi connectivity index (χ4v) is 4.33. The third kappa shape index (κ3) is 3.32. The summed E-state index contributed by atoms with van der Waals surface area (Å²) in [5, 5.41) is 0. The van der Waals surface area contributed by atoms with Crippen LogP contribution < -0.4 is 4.90 Å². The molecule has 0 bridgehead atoms. The quantitative estimate of drug-likeness (QED) is 0.816. The van der Waals surface area contributed by atoms with Crippen LogP contribution in [0.3, 0.4) is 0 Å². The lowest BCUT2D eigenvalue weighted by Gasteiger charge is -2.36. The van der Waals surface area contributed by atoms with Gasteiger partial charge in [0.1, 0.15) is 5.82 Å². The smallest absolute Gasteiger partial charge is 0.228 e. The Labute approximate surface area is 148 Å². The van der Waals surface area contributed by atoms with Gasteiger partial charge in [0.2, 0.25) is 11.8 Å². The molecule has 2 aliphatic heterocycles. The van der Waals surface area contributed by atoms with Gasteiger partial charge in [-0.15, -0.1) is 0 Å². The Hall–Kier alpha value is -2.18. The van der Waals surface area contributed by atoms with Gasteiger partial charge in [0.15, 0.2) is 0 Å². The van der Waals surface area contributed by atoms with Crippen molar-refractivity contribution in [2.75, 3.05) is 37.6 Å². The molecule has 3 heterocycles. The highest BCUT2D eigenvalue weighted by Gasteiger charge is 2.40. The summed E-state index contributed by atoms with van der Waals surface area (Å²) in [5.41, 5.74) is 0. The number of carbonyl (C=O) groups excluding carboxylic acids is 2. The number of piperazine rings is 1. The zero-order chi connectivity index (χ0) is 17.2. The summed E-state index contributed by atoms with van der Waals surface area (Å²) in [4.78, 5) is 39.7. The molecule has 2 amide bonds. The molecule has 2 saturated heterocycles. The summed E-state index contributed by atoms with van der Waals surface area (Å²) in [7, 11) is 0. The molecular weight excluding hydrogens is 318 g/mol. The number of anilines is 1. The van der Waals surface area contributed by atoms with Gasteiger partial charge in [-0.25, -0.2) is 4.98 Å². The minimum Gasteiger partial charge on any atom is -0.352 e. The molecule has 1 aromatic rings. The largest absolute Gasteiger partial charge is 0.352 e. The van der Waals surface area contributed by atoms with Crippen molar-refractivity contribution in [2.24, 2.45) is 5.92 Å². The minimum absolute atomic E-state index is 0.146. The van der Waals surface area contributed by atoms with E-state index in [-0.39, 0.29) is 17.7 Å². The van der Waals surface area contributed by atoms with Crippen LogP contribution in [-0.4, -0.2) is 70.3 Å². The second-order valence-electron chi connectivity index (χ2n) is 7.26. The first-order valence-corrected chi connectivity index (χ1v) is 9.31. The number of carbonyl (C=O) groups is 2. The predicted molar refractivity (Wildman–Crippen MR) is 92.9 cm³/mol. The van der Waals surface area contributed by atoms with Crippen LogP contribution >= 0.6 is 0 Å². The molecule has 1 unspecified atom stereocenters. The molecule has 25 heavy (non-hydrogen) atoms.